The molecule has 0 bridgehead atoms. The van der Waals surface area contributed by atoms with E-state index in [1.165, 1.54) is 6.92 Å². The highest BCUT2D eigenvalue weighted by Crippen LogP contribution is 2.24. The summed E-state index contributed by atoms with van der Waals surface area (Å²) < 4.78 is 11.2. The molecule has 5 N–H and O–H groups in total. The number of nitrogens with two attached hydrogens (primary N) is 1. The van der Waals surface area contributed by atoms with E-state index in [4.69, 9.17) is 9.47 Å². The summed E-state index contributed by atoms with van der Waals surface area (Å²) in [6.45, 7) is 3.05. The van der Waals surface area contributed by atoms with Gasteiger partial charge < -0.3 is 30.3 Å². The molecule has 1 fully saturated rings. The van der Waals surface area contributed by atoms with Gasteiger partial charge in [-0.3, -0.25) is 4.79 Å². The molecule has 1 aromatic carbocycles. The van der Waals surface area contributed by atoms with Gasteiger partial charge in [-0.25, -0.2) is 0 Å². The van der Waals surface area contributed by atoms with Crippen LogP contribution in [0.25, 0.3) is 6.08 Å². The molecule has 0 aliphatic carbocycles. The molecule has 1 aliphatic heterocycles. The molecule has 5 atom stereocenters. The molecule has 0 spiro atoms. The molecule has 5 unspecified atom stereocenters. The Morgan fingerprint density at radius 1 is 1.33 bits per heavy atom. The minimum Gasteiger partial charge on any atom is -0.462 e. The number of carbonyl (C=O) groups is 1. The number of hydrogen-bond acceptors (Lipinski definition) is 5. The van der Waals surface area contributed by atoms with Gasteiger partial charge in [0.05, 0.1) is 18.3 Å². The van der Waals surface area contributed by atoms with E-state index in [1.54, 1.807) is 24.4 Å². The quantitative estimate of drug-likeness (QED) is 0.536. The molecule has 2 rings (SSSR count). The third-order valence-corrected chi connectivity index (χ3v) is 3.78. The molecule has 1 saturated heterocycles. The van der Waals surface area contributed by atoms with Crippen LogP contribution in [0.3, 0.4) is 0 Å². The summed E-state index contributed by atoms with van der Waals surface area (Å²) in [6.07, 6.45) is -0.270. The lowest BCUT2D eigenvalue weighted by Gasteiger charge is -2.41. The minimum absolute atomic E-state index is 0.302. The van der Waals surface area contributed by atoms with Crippen LogP contribution in [0.15, 0.2) is 30.5 Å². The number of carbonyl (C=O) groups excluding carboxylic acids is 1. The van der Waals surface area contributed by atoms with Gasteiger partial charge in [-0.15, -0.1) is 7.05 Å². The van der Waals surface area contributed by atoms with E-state index in [0.29, 0.717) is 5.75 Å². The molecule has 1 aromatic rings. The monoisotopic (exact) mass is 336 g/mol. The highest BCUT2D eigenvalue weighted by atomic mass is 16.7. The summed E-state index contributed by atoms with van der Waals surface area (Å²) in [7, 11) is 3.61. The Kier molecular flexibility index (Phi) is 6.33. The van der Waals surface area contributed by atoms with Crippen molar-refractivity contribution >= 4 is 12.0 Å². The van der Waals surface area contributed by atoms with E-state index < -0.39 is 30.6 Å². The SMILES string of the molecule is [CH2-][NH2+]C=Cc1ccc(OC2OC(C)C(NC(C)=O)C(O)C2O)cc1. The topological polar surface area (TPSA) is 105 Å². The standard InChI is InChI=1S/C17H24N2O5/c1-10-14(19-11(2)20)15(21)16(22)17(23-10)24-13-6-4-12(5-7-13)8-9-18-3/h4-10,14-17,21-22H,3,18H2,1-2H3,(H,19,20). The third-order valence-electron chi connectivity index (χ3n) is 3.78. The Labute approximate surface area is 141 Å². The molecule has 0 saturated carbocycles. The second kappa shape index (κ2) is 8.25. The first kappa shape index (κ1) is 18.4. The number of quaternary nitrogens is 1. The van der Waals surface area contributed by atoms with E-state index in [2.05, 4.69) is 12.4 Å². The first-order valence-electron chi connectivity index (χ1n) is 7.77. The van der Waals surface area contributed by atoms with Gasteiger partial charge in [0.1, 0.15) is 18.0 Å². The van der Waals surface area contributed by atoms with Crippen LogP contribution >= 0.6 is 0 Å². The Bertz CT molecular complexity index is 575. The van der Waals surface area contributed by atoms with Crippen LogP contribution in [-0.4, -0.2) is 46.8 Å². The number of amides is 1. The molecule has 1 heterocycles. The average molecular weight is 336 g/mol. The van der Waals surface area contributed by atoms with Crippen molar-refractivity contribution in [1.82, 2.24) is 5.32 Å². The molecule has 0 radical (unpaired) electrons. The van der Waals surface area contributed by atoms with Crippen LogP contribution in [0, 0.1) is 7.05 Å². The Balaban J connectivity index is 2.02. The second-order valence-electron chi connectivity index (χ2n) is 5.70. The van der Waals surface area contributed by atoms with E-state index in [1.807, 2.05) is 24.4 Å². The summed E-state index contributed by atoms with van der Waals surface area (Å²) in [5.74, 6) is 0.205. The average Bonchev–Trinajstić information content (AvgIpc) is 2.55. The van der Waals surface area contributed by atoms with Crippen LogP contribution in [0.4, 0.5) is 0 Å². The lowest BCUT2D eigenvalue weighted by Crippen LogP contribution is -2.69. The van der Waals surface area contributed by atoms with Crippen molar-refractivity contribution in [3.8, 4) is 5.75 Å². The van der Waals surface area contributed by atoms with Crippen molar-refractivity contribution in [3.63, 3.8) is 0 Å². The van der Waals surface area contributed by atoms with Gasteiger partial charge in [0.15, 0.2) is 0 Å². The second-order valence-corrected chi connectivity index (χ2v) is 5.70. The van der Waals surface area contributed by atoms with E-state index in [9.17, 15) is 15.0 Å². The van der Waals surface area contributed by atoms with Gasteiger partial charge >= 0.3 is 0 Å². The Hall–Kier alpha value is -1.93. The molecule has 7 heteroatoms. The Morgan fingerprint density at radius 2 is 2.00 bits per heavy atom. The summed E-state index contributed by atoms with van der Waals surface area (Å²) >= 11 is 0. The smallest absolute Gasteiger partial charge is 0.229 e. The zero-order valence-corrected chi connectivity index (χ0v) is 13.8. The first-order chi connectivity index (χ1) is 11.4. The van der Waals surface area contributed by atoms with E-state index in [-0.39, 0.29) is 5.91 Å². The highest BCUT2D eigenvalue weighted by Gasteiger charge is 2.44. The third kappa shape index (κ3) is 4.55. The normalized spacial score (nSPS) is 30.3. The molecule has 0 aromatic heterocycles. The van der Waals surface area contributed by atoms with E-state index >= 15 is 0 Å². The van der Waals surface area contributed by atoms with Crippen molar-refractivity contribution in [2.75, 3.05) is 0 Å². The summed E-state index contributed by atoms with van der Waals surface area (Å²) in [4.78, 5) is 11.2. The number of hydrogen-bond donors (Lipinski definition) is 4. The number of aliphatic hydroxyl groups is 2. The fourth-order valence-electron chi connectivity index (χ4n) is 2.53. The maximum atomic E-state index is 11.2. The summed E-state index contributed by atoms with van der Waals surface area (Å²) in [5, 5.41) is 24.7. The van der Waals surface area contributed by atoms with Crippen molar-refractivity contribution in [2.24, 2.45) is 0 Å². The molecular formula is C17H24N2O5. The van der Waals surface area contributed by atoms with Gasteiger partial charge in [0.25, 0.3) is 0 Å². The summed E-state index contributed by atoms with van der Waals surface area (Å²) in [5.41, 5.74) is 0.978. The molecule has 1 amide bonds. The number of benzene rings is 1. The number of rotatable bonds is 5. The summed E-state index contributed by atoms with van der Waals surface area (Å²) in [6, 6.07) is 6.50. The van der Waals surface area contributed by atoms with Crippen molar-refractivity contribution in [3.05, 3.63) is 43.1 Å². The van der Waals surface area contributed by atoms with Crippen molar-refractivity contribution in [2.45, 2.75) is 44.5 Å². The fourth-order valence-corrected chi connectivity index (χ4v) is 2.53. The van der Waals surface area contributed by atoms with E-state index in [0.717, 1.165) is 5.56 Å². The highest BCUT2D eigenvalue weighted by molar-refractivity contribution is 5.73. The van der Waals surface area contributed by atoms with Gasteiger partial charge in [-0.2, -0.15) is 0 Å². The van der Waals surface area contributed by atoms with Gasteiger partial charge in [-0.05, 0) is 30.7 Å². The lowest BCUT2D eigenvalue weighted by atomic mass is 9.97. The first-order valence-corrected chi connectivity index (χ1v) is 7.77. The fraction of sp³-hybridized carbons (Fsp3) is 0.412. The number of nitrogens with one attached hydrogen (secondary N) is 1. The van der Waals surface area contributed by atoms with Gasteiger partial charge in [0, 0.05) is 6.92 Å². The lowest BCUT2D eigenvalue weighted by molar-refractivity contribution is -0.520. The molecule has 7 nitrogen and oxygen atoms in total. The van der Waals surface area contributed by atoms with Crippen LogP contribution in [0.5, 0.6) is 5.75 Å². The molecule has 132 valence electrons. The van der Waals surface area contributed by atoms with Crippen molar-refractivity contribution < 1.29 is 29.8 Å². The minimum atomic E-state index is -1.28. The number of aliphatic hydroxyl groups excluding tert-OH is 2. The van der Waals surface area contributed by atoms with Crippen LogP contribution < -0.4 is 15.4 Å². The molecular weight excluding hydrogens is 312 g/mol. The molecule has 1 aliphatic rings. The van der Waals surface area contributed by atoms with Crippen LogP contribution in [0.1, 0.15) is 19.4 Å². The predicted molar refractivity (Wildman–Crippen MR) is 87.3 cm³/mol. The predicted octanol–water partition coefficient (Wildman–Crippen LogP) is -0.638. The van der Waals surface area contributed by atoms with Gasteiger partial charge in [-0.1, -0.05) is 12.1 Å². The van der Waals surface area contributed by atoms with Crippen molar-refractivity contribution in [1.29, 1.82) is 0 Å². The van der Waals surface area contributed by atoms with Crippen LogP contribution in [0.2, 0.25) is 0 Å². The molecule has 24 heavy (non-hydrogen) atoms. The maximum absolute atomic E-state index is 11.2. The zero-order valence-electron chi connectivity index (χ0n) is 13.8. The largest absolute Gasteiger partial charge is 0.462 e. The van der Waals surface area contributed by atoms with Gasteiger partial charge in [0.2, 0.25) is 12.2 Å². The maximum Gasteiger partial charge on any atom is 0.229 e. The number of ether oxygens (including phenoxy) is 2. The zero-order chi connectivity index (χ0) is 17.7. The Morgan fingerprint density at radius 3 is 2.58 bits per heavy atom. The van der Waals surface area contributed by atoms with Crippen LogP contribution in [-0.2, 0) is 9.53 Å².